The highest BCUT2D eigenvalue weighted by Gasteiger charge is 2.32. The van der Waals surface area contributed by atoms with Gasteiger partial charge in [0.05, 0.1) is 18.0 Å². The standard InChI is InChI=1S/C28H22F2N2O3/c1-35-20-10-11-21(23(29)15-20)27(18-7-8-18)26(17-5-2-16(3-6-17)4-13-25(33)34)19-9-12-24-22(14-19)28(30)32-31-24/h2-6,9-15,18H,7-8H2,1H3,(H,31,32)(H,33,34). The molecule has 1 aliphatic rings. The number of carbonyl (C=O) groups is 1. The summed E-state index contributed by atoms with van der Waals surface area (Å²) in [5.74, 6) is -1.36. The van der Waals surface area contributed by atoms with Gasteiger partial charge >= 0.3 is 5.97 Å². The SMILES string of the molecule is COc1ccc(C(=C(c2ccc(C=CC(=O)O)cc2)c2ccc3n[nH]c(F)c3c2)C2CC2)c(F)c1. The largest absolute Gasteiger partial charge is 0.497 e. The Morgan fingerprint density at radius 2 is 1.80 bits per heavy atom. The molecule has 0 saturated heterocycles. The maximum absolute atomic E-state index is 15.3. The number of methoxy groups -OCH3 is 1. The summed E-state index contributed by atoms with van der Waals surface area (Å²) in [6, 6.07) is 17.5. The van der Waals surface area contributed by atoms with Crippen molar-refractivity contribution in [3.63, 3.8) is 0 Å². The van der Waals surface area contributed by atoms with Gasteiger partial charge in [0.2, 0.25) is 5.95 Å². The molecule has 5 nitrogen and oxygen atoms in total. The van der Waals surface area contributed by atoms with Gasteiger partial charge in [-0.2, -0.15) is 9.49 Å². The van der Waals surface area contributed by atoms with Crippen molar-refractivity contribution in [2.45, 2.75) is 12.8 Å². The molecule has 0 unspecified atom stereocenters. The molecule has 0 aliphatic heterocycles. The highest BCUT2D eigenvalue weighted by molar-refractivity contribution is 6.02. The Balaban J connectivity index is 1.74. The lowest BCUT2D eigenvalue weighted by molar-refractivity contribution is -0.131. The van der Waals surface area contributed by atoms with Crippen molar-refractivity contribution in [3.05, 3.63) is 101 Å². The number of H-pyrrole nitrogens is 1. The Hall–Kier alpha value is -4.26. The molecule has 0 amide bonds. The molecule has 0 radical (unpaired) electrons. The first kappa shape index (κ1) is 22.5. The second kappa shape index (κ2) is 9.18. The van der Waals surface area contributed by atoms with Crippen LogP contribution in [0.3, 0.4) is 0 Å². The van der Waals surface area contributed by atoms with Crippen LogP contribution in [0.5, 0.6) is 5.75 Å². The molecule has 35 heavy (non-hydrogen) atoms. The lowest BCUT2D eigenvalue weighted by Gasteiger charge is -2.18. The van der Waals surface area contributed by atoms with Crippen molar-refractivity contribution in [3.8, 4) is 5.75 Å². The molecule has 1 aromatic heterocycles. The second-order valence-electron chi connectivity index (χ2n) is 8.47. The van der Waals surface area contributed by atoms with E-state index in [-0.39, 0.29) is 11.7 Å². The zero-order valence-electron chi connectivity index (χ0n) is 18.9. The quantitative estimate of drug-likeness (QED) is 0.244. The molecule has 0 atom stereocenters. The number of hydrogen-bond acceptors (Lipinski definition) is 3. The minimum absolute atomic E-state index is 0.157. The molecule has 0 spiro atoms. The summed E-state index contributed by atoms with van der Waals surface area (Å²) in [4.78, 5) is 10.9. The fourth-order valence-corrected chi connectivity index (χ4v) is 4.31. The zero-order valence-corrected chi connectivity index (χ0v) is 18.9. The first-order valence-electron chi connectivity index (χ1n) is 11.2. The summed E-state index contributed by atoms with van der Waals surface area (Å²) in [5, 5.41) is 15.6. The highest BCUT2D eigenvalue weighted by atomic mass is 19.1. The van der Waals surface area contributed by atoms with Crippen molar-refractivity contribution in [1.29, 1.82) is 0 Å². The number of hydrogen-bond donors (Lipinski definition) is 2. The molecule has 7 heteroatoms. The average molecular weight is 472 g/mol. The van der Waals surface area contributed by atoms with Crippen LogP contribution in [0.1, 0.15) is 35.1 Å². The molecule has 1 heterocycles. The molecule has 3 aromatic carbocycles. The van der Waals surface area contributed by atoms with Gasteiger partial charge in [-0.05, 0) is 76.9 Å². The number of benzene rings is 3. The summed E-state index contributed by atoms with van der Waals surface area (Å²) >= 11 is 0. The summed E-state index contributed by atoms with van der Waals surface area (Å²) in [6.45, 7) is 0. The fraction of sp³-hybridized carbons (Fsp3) is 0.143. The van der Waals surface area contributed by atoms with E-state index in [1.807, 2.05) is 18.2 Å². The summed E-state index contributed by atoms with van der Waals surface area (Å²) in [7, 11) is 1.49. The van der Waals surface area contributed by atoms with E-state index in [0.717, 1.165) is 46.8 Å². The topological polar surface area (TPSA) is 75.2 Å². The predicted octanol–water partition coefficient (Wildman–Crippen LogP) is 6.32. The third kappa shape index (κ3) is 4.57. The van der Waals surface area contributed by atoms with E-state index in [9.17, 15) is 9.18 Å². The van der Waals surface area contributed by atoms with E-state index in [1.54, 1.807) is 36.4 Å². The summed E-state index contributed by atoms with van der Waals surface area (Å²) in [5.41, 5.74) is 4.90. The maximum Gasteiger partial charge on any atom is 0.328 e. The molecule has 1 aliphatic carbocycles. The third-order valence-electron chi connectivity index (χ3n) is 6.14. The Bertz CT molecular complexity index is 1480. The highest BCUT2D eigenvalue weighted by Crippen LogP contribution is 2.48. The molecule has 1 saturated carbocycles. The number of aromatic nitrogens is 2. The van der Waals surface area contributed by atoms with Crippen molar-refractivity contribution >= 4 is 34.1 Å². The molecular formula is C28H22F2N2O3. The average Bonchev–Trinajstić information content (AvgIpc) is 3.64. The number of carboxylic acids is 1. The van der Waals surface area contributed by atoms with Crippen molar-refractivity contribution in [1.82, 2.24) is 10.2 Å². The van der Waals surface area contributed by atoms with Gasteiger partial charge in [-0.3, -0.25) is 5.10 Å². The molecule has 5 rings (SSSR count). The van der Waals surface area contributed by atoms with Gasteiger partial charge in [-0.15, -0.1) is 0 Å². The van der Waals surface area contributed by atoms with Gasteiger partial charge in [0, 0.05) is 17.7 Å². The Kier molecular flexibility index (Phi) is 5.91. The van der Waals surface area contributed by atoms with Crippen molar-refractivity contribution in [2.75, 3.05) is 7.11 Å². The third-order valence-corrected chi connectivity index (χ3v) is 6.14. The van der Waals surface area contributed by atoms with Crippen LogP contribution >= 0.6 is 0 Å². The second-order valence-corrected chi connectivity index (χ2v) is 8.47. The number of fused-ring (bicyclic) bond motifs is 1. The number of halogens is 2. The normalized spacial score (nSPS) is 14.4. The van der Waals surface area contributed by atoms with Crippen LogP contribution in [-0.4, -0.2) is 28.4 Å². The van der Waals surface area contributed by atoms with Crippen LogP contribution in [0.2, 0.25) is 0 Å². The Morgan fingerprint density at radius 3 is 2.46 bits per heavy atom. The van der Waals surface area contributed by atoms with E-state index < -0.39 is 11.9 Å². The van der Waals surface area contributed by atoms with E-state index in [2.05, 4.69) is 10.2 Å². The fourth-order valence-electron chi connectivity index (χ4n) is 4.31. The van der Waals surface area contributed by atoms with Crippen molar-refractivity contribution in [2.24, 2.45) is 5.92 Å². The zero-order chi connectivity index (χ0) is 24.5. The van der Waals surface area contributed by atoms with E-state index in [1.165, 1.54) is 19.3 Å². The van der Waals surface area contributed by atoms with E-state index >= 15 is 4.39 Å². The maximum atomic E-state index is 15.3. The monoisotopic (exact) mass is 472 g/mol. The van der Waals surface area contributed by atoms with Gasteiger partial charge in [0.25, 0.3) is 0 Å². The minimum Gasteiger partial charge on any atom is -0.497 e. The van der Waals surface area contributed by atoms with Gasteiger partial charge in [-0.25, -0.2) is 9.18 Å². The molecule has 2 N–H and O–H groups in total. The number of nitrogens with one attached hydrogen (secondary N) is 1. The number of aromatic amines is 1. The minimum atomic E-state index is -1.03. The van der Waals surface area contributed by atoms with Gasteiger partial charge < -0.3 is 9.84 Å². The predicted molar refractivity (Wildman–Crippen MR) is 131 cm³/mol. The van der Waals surface area contributed by atoms with Crippen LogP contribution in [-0.2, 0) is 4.79 Å². The lowest BCUT2D eigenvalue weighted by atomic mass is 9.86. The Morgan fingerprint density at radius 1 is 1.06 bits per heavy atom. The van der Waals surface area contributed by atoms with Crippen LogP contribution in [0.4, 0.5) is 8.78 Å². The Labute approximate surface area is 200 Å². The van der Waals surface area contributed by atoms with Crippen LogP contribution in [0.15, 0.2) is 66.7 Å². The summed E-state index contributed by atoms with van der Waals surface area (Å²) in [6.07, 6.45) is 4.43. The number of rotatable bonds is 7. The van der Waals surface area contributed by atoms with Gasteiger partial charge in [0.15, 0.2) is 0 Å². The molecule has 1 fully saturated rings. The number of allylic oxidation sites excluding steroid dienone is 1. The van der Waals surface area contributed by atoms with Crippen molar-refractivity contribution < 1.29 is 23.4 Å². The number of nitrogens with zero attached hydrogens (tertiary/aromatic N) is 1. The molecular weight excluding hydrogens is 450 g/mol. The molecule has 0 bridgehead atoms. The smallest absolute Gasteiger partial charge is 0.328 e. The number of aliphatic carboxylic acids is 1. The lowest BCUT2D eigenvalue weighted by Crippen LogP contribution is -2.00. The van der Waals surface area contributed by atoms with E-state index in [4.69, 9.17) is 9.84 Å². The van der Waals surface area contributed by atoms with Gasteiger partial charge in [0.1, 0.15) is 11.6 Å². The van der Waals surface area contributed by atoms with E-state index in [0.29, 0.717) is 22.2 Å². The molecule has 176 valence electrons. The number of carboxylic acid groups (broad SMARTS) is 1. The van der Waals surface area contributed by atoms with Crippen LogP contribution < -0.4 is 4.74 Å². The molecule has 4 aromatic rings. The first-order valence-corrected chi connectivity index (χ1v) is 11.2. The van der Waals surface area contributed by atoms with Gasteiger partial charge in [-0.1, -0.05) is 30.3 Å². The van der Waals surface area contributed by atoms with Crippen LogP contribution in [0, 0.1) is 17.7 Å². The number of ether oxygens (including phenoxy) is 1. The summed E-state index contributed by atoms with van der Waals surface area (Å²) < 4.78 is 34.9. The first-order chi connectivity index (χ1) is 16.9. The van der Waals surface area contributed by atoms with Crippen LogP contribution in [0.25, 0.3) is 28.1 Å².